The molecule has 8 nitrogen and oxygen atoms in total. The van der Waals surface area contributed by atoms with Crippen molar-refractivity contribution in [3.63, 3.8) is 0 Å². The van der Waals surface area contributed by atoms with Crippen LogP contribution in [0.3, 0.4) is 0 Å². The highest BCUT2D eigenvalue weighted by Gasteiger charge is 2.13. The van der Waals surface area contributed by atoms with Crippen molar-refractivity contribution in [2.24, 2.45) is 5.10 Å². The van der Waals surface area contributed by atoms with E-state index in [1.54, 1.807) is 30.3 Å². The molecule has 1 aromatic heterocycles. The van der Waals surface area contributed by atoms with Crippen LogP contribution in [0.25, 0.3) is 11.1 Å². The van der Waals surface area contributed by atoms with E-state index in [1.807, 2.05) is 43.3 Å². The third-order valence-corrected chi connectivity index (χ3v) is 5.51. The molecule has 0 atom stereocenters. The van der Waals surface area contributed by atoms with Gasteiger partial charge in [0, 0.05) is 0 Å². The minimum atomic E-state index is -0.483. The smallest absolute Gasteiger partial charge is 0.343 e. The van der Waals surface area contributed by atoms with E-state index in [0.29, 0.717) is 27.7 Å². The van der Waals surface area contributed by atoms with Gasteiger partial charge in [0.05, 0.1) is 24.6 Å². The van der Waals surface area contributed by atoms with Gasteiger partial charge in [-0.2, -0.15) is 5.10 Å². The number of carbonyl (C=O) groups is 2. The molecule has 0 saturated heterocycles. The summed E-state index contributed by atoms with van der Waals surface area (Å²) < 4.78 is 16.4. The van der Waals surface area contributed by atoms with Gasteiger partial charge >= 0.3 is 5.97 Å². The first kappa shape index (κ1) is 23.1. The maximum absolute atomic E-state index is 12.4. The molecule has 4 rings (SSSR count). The highest BCUT2D eigenvalue weighted by molar-refractivity contribution is 7.99. The maximum atomic E-state index is 12.4. The lowest BCUT2D eigenvalue weighted by molar-refractivity contribution is -0.118. The third-order valence-electron chi connectivity index (χ3n) is 4.68. The molecule has 0 aliphatic rings. The van der Waals surface area contributed by atoms with Crippen LogP contribution in [-0.4, -0.2) is 35.9 Å². The van der Waals surface area contributed by atoms with Crippen molar-refractivity contribution in [3.05, 3.63) is 83.4 Å². The van der Waals surface area contributed by atoms with Crippen LogP contribution in [0.15, 0.2) is 81.5 Å². The molecule has 0 aliphatic carbocycles. The van der Waals surface area contributed by atoms with Gasteiger partial charge < -0.3 is 13.9 Å². The Bertz CT molecular complexity index is 1320. The number of thioether (sulfide) groups is 1. The highest BCUT2D eigenvalue weighted by atomic mass is 32.2. The van der Waals surface area contributed by atoms with E-state index in [-0.39, 0.29) is 17.4 Å². The van der Waals surface area contributed by atoms with Gasteiger partial charge in [0.1, 0.15) is 5.52 Å². The van der Waals surface area contributed by atoms with Crippen LogP contribution in [0.4, 0.5) is 0 Å². The Morgan fingerprint density at radius 3 is 2.65 bits per heavy atom. The number of ether oxygens (including phenoxy) is 2. The molecule has 1 heterocycles. The minimum absolute atomic E-state index is 0.0986. The number of hydrazone groups is 1. The lowest BCUT2D eigenvalue weighted by atomic mass is 10.1. The van der Waals surface area contributed by atoms with Crippen LogP contribution < -0.4 is 14.9 Å². The number of rotatable bonds is 8. The van der Waals surface area contributed by atoms with E-state index >= 15 is 0 Å². The normalized spacial score (nSPS) is 11.0. The van der Waals surface area contributed by atoms with Gasteiger partial charge in [0.2, 0.25) is 0 Å². The van der Waals surface area contributed by atoms with E-state index in [0.717, 1.165) is 11.1 Å². The first-order valence-corrected chi connectivity index (χ1v) is 11.3. The number of nitrogens with zero attached hydrogens (tertiary/aromatic N) is 2. The minimum Gasteiger partial charge on any atom is -0.493 e. The molecule has 172 valence electrons. The Morgan fingerprint density at radius 1 is 1.09 bits per heavy atom. The van der Waals surface area contributed by atoms with Crippen LogP contribution in [0, 0.1) is 6.92 Å². The van der Waals surface area contributed by atoms with E-state index in [1.165, 1.54) is 25.1 Å². The van der Waals surface area contributed by atoms with Crippen LogP contribution in [0.2, 0.25) is 0 Å². The van der Waals surface area contributed by atoms with Gasteiger partial charge in [-0.15, -0.1) is 0 Å². The number of aromatic nitrogens is 1. The molecule has 0 spiro atoms. The number of aryl methyl sites for hydroxylation is 1. The first-order chi connectivity index (χ1) is 16.5. The average molecular weight is 476 g/mol. The van der Waals surface area contributed by atoms with E-state index < -0.39 is 5.97 Å². The Morgan fingerprint density at radius 2 is 1.88 bits per heavy atom. The molecule has 1 amide bonds. The van der Waals surface area contributed by atoms with Gasteiger partial charge in [0.15, 0.2) is 17.1 Å². The van der Waals surface area contributed by atoms with E-state index in [2.05, 4.69) is 15.5 Å². The number of hydrogen-bond acceptors (Lipinski definition) is 8. The van der Waals surface area contributed by atoms with Crippen molar-refractivity contribution in [1.82, 2.24) is 10.4 Å². The van der Waals surface area contributed by atoms with Crippen LogP contribution >= 0.6 is 11.8 Å². The van der Waals surface area contributed by atoms with Crippen LogP contribution in [0.1, 0.15) is 21.5 Å². The molecule has 3 aromatic carbocycles. The summed E-state index contributed by atoms with van der Waals surface area (Å²) in [5.41, 5.74) is 6.02. The number of nitrogens with one attached hydrogen (secondary N) is 1. The van der Waals surface area contributed by atoms with Gasteiger partial charge in [-0.25, -0.2) is 15.2 Å². The second-order valence-corrected chi connectivity index (χ2v) is 8.12. The zero-order chi connectivity index (χ0) is 23.9. The predicted octanol–water partition coefficient (Wildman–Crippen LogP) is 4.61. The summed E-state index contributed by atoms with van der Waals surface area (Å²) in [5.74, 6) is -0.0460. The Hall–Kier alpha value is -4.11. The van der Waals surface area contributed by atoms with E-state index in [9.17, 15) is 9.59 Å². The second-order valence-electron chi connectivity index (χ2n) is 7.20. The van der Waals surface area contributed by atoms with Gasteiger partial charge in [-0.05, 0) is 55.0 Å². The summed E-state index contributed by atoms with van der Waals surface area (Å²) in [6, 6.07) is 19.4. The fourth-order valence-corrected chi connectivity index (χ4v) is 3.58. The first-order valence-electron chi connectivity index (χ1n) is 10.3. The highest BCUT2D eigenvalue weighted by Crippen LogP contribution is 2.28. The maximum Gasteiger partial charge on any atom is 0.343 e. The molecule has 1 N–H and O–H groups in total. The van der Waals surface area contributed by atoms with Gasteiger partial charge in [-0.3, -0.25) is 4.79 Å². The van der Waals surface area contributed by atoms with Crippen LogP contribution in [0.5, 0.6) is 11.5 Å². The second kappa shape index (κ2) is 10.7. The number of fused-ring (bicyclic) bond motifs is 1. The Balaban J connectivity index is 1.32. The summed E-state index contributed by atoms with van der Waals surface area (Å²) in [4.78, 5) is 28.8. The number of carbonyl (C=O) groups excluding carboxylic acids is 2. The van der Waals surface area contributed by atoms with E-state index in [4.69, 9.17) is 13.9 Å². The van der Waals surface area contributed by atoms with Crippen molar-refractivity contribution in [1.29, 1.82) is 0 Å². The number of benzene rings is 3. The fraction of sp³-hybridized carbons (Fsp3) is 0.120. The predicted molar refractivity (Wildman–Crippen MR) is 130 cm³/mol. The largest absolute Gasteiger partial charge is 0.493 e. The summed E-state index contributed by atoms with van der Waals surface area (Å²) in [6.07, 6.45) is 1.47. The number of methoxy groups -OCH3 is 1. The van der Waals surface area contributed by atoms with Crippen molar-refractivity contribution >= 4 is 41.0 Å². The zero-order valence-electron chi connectivity index (χ0n) is 18.5. The molecule has 0 fully saturated rings. The lowest BCUT2D eigenvalue weighted by Crippen LogP contribution is -2.19. The number of hydrogen-bond donors (Lipinski definition) is 1. The van der Waals surface area contributed by atoms with Gasteiger partial charge in [0.25, 0.3) is 11.1 Å². The zero-order valence-corrected chi connectivity index (χ0v) is 19.3. The molecule has 4 aromatic rings. The molecule has 34 heavy (non-hydrogen) atoms. The van der Waals surface area contributed by atoms with Crippen LogP contribution in [-0.2, 0) is 4.79 Å². The van der Waals surface area contributed by atoms with Crippen molar-refractivity contribution in [2.45, 2.75) is 12.1 Å². The number of esters is 1. The molecule has 0 bridgehead atoms. The molecular weight excluding hydrogens is 454 g/mol. The van der Waals surface area contributed by atoms with Crippen molar-refractivity contribution < 1.29 is 23.5 Å². The average Bonchev–Trinajstić information content (AvgIpc) is 3.27. The third kappa shape index (κ3) is 5.81. The molecule has 0 unspecified atom stereocenters. The monoisotopic (exact) mass is 475 g/mol. The number of oxazole rings is 1. The van der Waals surface area contributed by atoms with Crippen molar-refractivity contribution in [2.75, 3.05) is 12.9 Å². The quantitative estimate of drug-likeness (QED) is 0.131. The Kier molecular flexibility index (Phi) is 7.24. The molecular formula is C25H21N3O5S. The van der Waals surface area contributed by atoms with Gasteiger partial charge in [-0.1, -0.05) is 41.6 Å². The summed E-state index contributed by atoms with van der Waals surface area (Å²) in [7, 11) is 1.48. The lowest BCUT2D eigenvalue weighted by Gasteiger charge is -2.10. The topological polar surface area (TPSA) is 103 Å². The standard InChI is InChI=1S/C25H21N3O5S/c1-16-7-10-18(11-8-16)24(30)32-21-12-9-17(13-22(21)31-2)14-26-28-23(29)15-34-25-27-19-5-3-4-6-20(19)33-25/h3-14H,15H2,1-2H3,(H,28,29)/b26-14-. The number of amides is 1. The Labute approximate surface area is 200 Å². The summed E-state index contributed by atoms with van der Waals surface area (Å²) in [5, 5.41) is 4.38. The number of para-hydroxylation sites is 2. The molecule has 0 aliphatic heterocycles. The van der Waals surface area contributed by atoms with Crippen molar-refractivity contribution in [3.8, 4) is 11.5 Å². The molecule has 0 radical (unpaired) electrons. The summed E-state index contributed by atoms with van der Waals surface area (Å²) in [6.45, 7) is 1.94. The molecule has 9 heteroatoms. The molecule has 0 saturated carbocycles. The summed E-state index contributed by atoms with van der Waals surface area (Å²) >= 11 is 1.18. The fourth-order valence-electron chi connectivity index (χ4n) is 2.95. The SMILES string of the molecule is COc1cc(/C=N\NC(=O)CSc2nc3ccccc3o2)ccc1OC(=O)c1ccc(C)cc1.